The first-order valence-corrected chi connectivity index (χ1v) is 8.22. The second-order valence-electron chi connectivity index (χ2n) is 7.80. The molecule has 2 saturated carbocycles. The lowest BCUT2D eigenvalue weighted by molar-refractivity contribution is 0.198. The van der Waals surface area contributed by atoms with Crippen LogP contribution in [0.15, 0.2) is 0 Å². The Bertz CT molecular complexity index is 323. The van der Waals surface area contributed by atoms with E-state index in [4.69, 9.17) is 0 Å². The van der Waals surface area contributed by atoms with Gasteiger partial charge in [-0.05, 0) is 75.3 Å². The van der Waals surface area contributed by atoms with Crippen LogP contribution in [0.2, 0.25) is 0 Å². The first-order chi connectivity index (χ1) is 8.74. The van der Waals surface area contributed by atoms with Gasteiger partial charge in [-0.15, -0.1) is 0 Å². The standard InChI is InChI=1S/C16H28N2/c1-11-9-17-15-7-12(2-3-14(11)15)6-13-8-16(4-5-16)18-10-13/h11-15,17-18H,2-10H2,1H3. The summed E-state index contributed by atoms with van der Waals surface area (Å²) < 4.78 is 0. The van der Waals surface area contributed by atoms with Gasteiger partial charge in [0, 0.05) is 11.6 Å². The van der Waals surface area contributed by atoms with Gasteiger partial charge in [0.05, 0.1) is 0 Å². The molecule has 4 rings (SSSR count). The van der Waals surface area contributed by atoms with Crippen molar-refractivity contribution in [2.75, 3.05) is 13.1 Å². The maximum atomic E-state index is 3.78. The van der Waals surface area contributed by atoms with E-state index in [1.165, 1.54) is 58.0 Å². The van der Waals surface area contributed by atoms with E-state index >= 15 is 0 Å². The van der Waals surface area contributed by atoms with E-state index in [0.717, 1.165) is 29.7 Å². The molecule has 2 N–H and O–H groups in total. The van der Waals surface area contributed by atoms with Crippen LogP contribution in [-0.4, -0.2) is 24.7 Å². The lowest BCUT2D eigenvalue weighted by atomic mass is 9.73. The van der Waals surface area contributed by atoms with Crippen LogP contribution in [0.4, 0.5) is 0 Å². The summed E-state index contributed by atoms with van der Waals surface area (Å²) in [6.45, 7) is 5.03. The highest BCUT2D eigenvalue weighted by molar-refractivity contribution is 5.08. The summed E-state index contributed by atoms with van der Waals surface area (Å²) in [6, 6.07) is 0.864. The van der Waals surface area contributed by atoms with E-state index in [2.05, 4.69) is 17.6 Å². The molecule has 2 nitrogen and oxygen atoms in total. The summed E-state index contributed by atoms with van der Waals surface area (Å²) >= 11 is 0. The average molecular weight is 248 g/mol. The van der Waals surface area contributed by atoms with Gasteiger partial charge in [-0.2, -0.15) is 0 Å². The third-order valence-corrected chi connectivity index (χ3v) is 6.41. The zero-order valence-corrected chi connectivity index (χ0v) is 11.8. The highest BCUT2D eigenvalue weighted by Crippen LogP contribution is 2.47. The average Bonchev–Trinajstić information content (AvgIpc) is 2.85. The smallest absolute Gasteiger partial charge is 0.0186 e. The summed E-state index contributed by atoms with van der Waals surface area (Å²) in [4.78, 5) is 0. The van der Waals surface area contributed by atoms with Gasteiger partial charge in [0.15, 0.2) is 0 Å². The molecular formula is C16H28N2. The van der Waals surface area contributed by atoms with Gasteiger partial charge >= 0.3 is 0 Å². The first-order valence-electron chi connectivity index (χ1n) is 8.22. The zero-order chi connectivity index (χ0) is 12.2. The van der Waals surface area contributed by atoms with Crippen molar-refractivity contribution in [2.24, 2.45) is 23.7 Å². The van der Waals surface area contributed by atoms with Gasteiger partial charge in [-0.25, -0.2) is 0 Å². The van der Waals surface area contributed by atoms with Gasteiger partial charge in [-0.3, -0.25) is 0 Å². The molecule has 2 saturated heterocycles. The first kappa shape index (κ1) is 11.7. The molecule has 2 aliphatic carbocycles. The molecule has 5 atom stereocenters. The molecule has 2 heteroatoms. The molecule has 0 aromatic carbocycles. The van der Waals surface area contributed by atoms with Crippen LogP contribution in [0, 0.1) is 23.7 Å². The quantitative estimate of drug-likeness (QED) is 0.785. The Hall–Kier alpha value is -0.0800. The van der Waals surface area contributed by atoms with Crippen LogP contribution in [-0.2, 0) is 0 Å². The number of fused-ring (bicyclic) bond motifs is 1. The molecule has 18 heavy (non-hydrogen) atoms. The molecule has 102 valence electrons. The number of hydrogen-bond donors (Lipinski definition) is 2. The molecule has 1 spiro atoms. The molecule has 0 radical (unpaired) electrons. The fourth-order valence-corrected chi connectivity index (χ4v) is 5.13. The molecule has 0 aromatic rings. The van der Waals surface area contributed by atoms with Crippen molar-refractivity contribution in [3.63, 3.8) is 0 Å². The van der Waals surface area contributed by atoms with E-state index in [1.807, 2.05) is 0 Å². The van der Waals surface area contributed by atoms with Gasteiger partial charge in [0.25, 0.3) is 0 Å². The van der Waals surface area contributed by atoms with Gasteiger partial charge in [-0.1, -0.05) is 13.3 Å². The highest BCUT2D eigenvalue weighted by Gasteiger charge is 2.48. The van der Waals surface area contributed by atoms with Crippen molar-refractivity contribution in [1.82, 2.24) is 10.6 Å². The molecule has 5 unspecified atom stereocenters. The monoisotopic (exact) mass is 248 g/mol. The largest absolute Gasteiger partial charge is 0.313 e. The van der Waals surface area contributed by atoms with Crippen LogP contribution in [0.1, 0.15) is 51.9 Å². The summed E-state index contributed by atoms with van der Waals surface area (Å²) in [7, 11) is 0. The molecule has 2 heterocycles. The van der Waals surface area contributed by atoms with Gasteiger partial charge in [0.2, 0.25) is 0 Å². The summed E-state index contributed by atoms with van der Waals surface area (Å²) in [5.41, 5.74) is 0.641. The Kier molecular flexibility index (Phi) is 2.74. The highest BCUT2D eigenvalue weighted by atomic mass is 15.1. The van der Waals surface area contributed by atoms with Crippen LogP contribution in [0.5, 0.6) is 0 Å². The fraction of sp³-hybridized carbons (Fsp3) is 1.00. The minimum absolute atomic E-state index is 0.641. The van der Waals surface area contributed by atoms with Crippen molar-refractivity contribution < 1.29 is 0 Å². The Labute approximate surface area is 111 Å². The Morgan fingerprint density at radius 3 is 2.78 bits per heavy atom. The topological polar surface area (TPSA) is 24.1 Å². The normalized spacial score (nSPS) is 49.5. The van der Waals surface area contributed by atoms with Crippen LogP contribution in [0.3, 0.4) is 0 Å². The van der Waals surface area contributed by atoms with Gasteiger partial charge in [0.1, 0.15) is 0 Å². The second kappa shape index (κ2) is 4.21. The van der Waals surface area contributed by atoms with E-state index in [9.17, 15) is 0 Å². The summed E-state index contributed by atoms with van der Waals surface area (Å²) in [5.74, 6) is 3.94. The van der Waals surface area contributed by atoms with E-state index in [1.54, 1.807) is 0 Å². The van der Waals surface area contributed by atoms with Crippen molar-refractivity contribution in [3.05, 3.63) is 0 Å². The van der Waals surface area contributed by atoms with E-state index < -0.39 is 0 Å². The van der Waals surface area contributed by atoms with Crippen LogP contribution >= 0.6 is 0 Å². The maximum Gasteiger partial charge on any atom is 0.0186 e. The predicted molar refractivity (Wildman–Crippen MR) is 74.5 cm³/mol. The van der Waals surface area contributed by atoms with Crippen molar-refractivity contribution in [3.8, 4) is 0 Å². The molecule has 4 aliphatic rings. The molecule has 0 bridgehead atoms. The third-order valence-electron chi connectivity index (χ3n) is 6.41. The Balaban J connectivity index is 1.31. The molecule has 2 aliphatic heterocycles. The Morgan fingerprint density at radius 2 is 2.00 bits per heavy atom. The third kappa shape index (κ3) is 2.02. The summed E-state index contributed by atoms with van der Waals surface area (Å²) in [5, 5.41) is 7.56. The maximum absolute atomic E-state index is 3.78. The van der Waals surface area contributed by atoms with E-state index in [0.29, 0.717) is 5.54 Å². The molecule has 0 aromatic heterocycles. The van der Waals surface area contributed by atoms with Crippen molar-refractivity contribution in [2.45, 2.75) is 63.5 Å². The minimum Gasteiger partial charge on any atom is -0.313 e. The SMILES string of the molecule is CC1CNC2CC(CC3CNC4(CC4)C3)CCC12. The van der Waals surface area contributed by atoms with Gasteiger partial charge < -0.3 is 10.6 Å². The lowest BCUT2D eigenvalue weighted by Gasteiger charge is -2.34. The number of nitrogens with one attached hydrogen (secondary N) is 2. The number of rotatable bonds is 2. The van der Waals surface area contributed by atoms with Crippen molar-refractivity contribution >= 4 is 0 Å². The molecular weight excluding hydrogens is 220 g/mol. The minimum atomic E-state index is 0.641. The zero-order valence-electron chi connectivity index (χ0n) is 11.8. The fourth-order valence-electron chi connectivity index (χ4n) is 5.13. The molecule has 4 fully saturated rings. The molecule has 0 amide bonds. The van der Waals surface area contributed by atoms with E-state index in [-0.39, 0.29) is 0 Å². The Morgan fingerprint density at radius 1 is 1.11 bits per heavy atom. The lowest BCUT2D eigenvalue weighted by Crippen LogP contribution is -2.34. The van der Waals surface area contributed by atoms with Crippen LogP contribution < -0.4 is 10.6 Å². The van der Waals surface area contributed by atoms with Crippen LogP contribution in [0.25, 0.3) is 0 Å². The predicted octanol–water partition coefficient (Wildman–Crippen LogP) is 2.54. The second-order valence-corrected chi connectivity index (χ2v) is 7.80. The number of hydrogen-bond acceptors (Lipinski definition) is 2. The summed E-state index contributed by atoms with van der Waals surface area (Å²) in [6.07, 6.45) is 10.4. The van der Waals surface area contributed by atoms with Crippen molar-refractivity contribution in [1.29, 1.82) is 0 Å².